The lowest BCUT2D eigenvalue weighted by molar-refractivity contribution is 0.201. The predicted octanol–water partition coefficient (Wildman–Crippen LogP) is 5.12. The summed E-state index contributed by atoms with van der Waals surface area (Å²) in [6.45, 7) is 14.3. The molecule has 5 saturated heterocycles. The Kier molecular flexibility index (Phi) is 22.2. The number of nitrogens with zero attached hydrogens (tertiary/aromatic N) is 8. The van der Waals surface area contributed by atoms with Crippen LogP contribution in [0.5, 0.6) is 0 Å². The van der Waals surface area contributed by atoms with Crippen LogP contribution in [0.4, 0.5) is 0 Å². The molecule has 5 rings (SSSR count). The van der Waals surface area contributed by atoms with Gasteiger partial charge < -0.3 is 0 Å². The van der Waals surface area contributed by atoms with Crippen LogP contribution in [0.15, 0.2) is 0 Å². The van der Waals surface area contributed by atoms with Crippen molar-refractivity contribution in [2.75, 3.05) is 169 Å². The Hall–Kier alpha value is 3.18. The van der Waals surface area contributed by atoms with E-state index >= 15 is 0 Å². The Bertz CT molecular complexity index is 655. The average molecular weight is 825 g/mol. The van der Waals surface area contributed by atoms with Gasteiger partial charge in [0, 0.05) is 169 Å². The molecule has 5 aliphatic rings. The predicted molar refractivity (Wildman–Crippen MR) is 227 cm³/mol. The Morgan fingerprint density at radius 3 is 0.609 bits per heavy atom. The fraction of sp³-hybridized carbons (Fsp3) is 1.00. The van der Waals surface area contributed by atoms with E-state index in [0.717, 1.165) is 23.5 Å². The molecular weight excluding hydrogens is 769 g/mol. The summed E-state index contributed by atoms with van der Waals surface area (Å²) in [5, 5.41) is 5.04. The van der Waals surface area contributed by atoms with E-state index in [4.69, 9.17) is 0 Å². The fourth-order valence-corrected chi connectivity index (χ4v) is 16.3. The third kappa shape index (κ3) is 16.9. The molecule has 18 heteroatoms. The molecule has 0 saturated carbocycles. The molecule has 268 valence electrons. The number of thioether (sulfide) groups is 10. The molecule has 0 unspecified atom stereocenters. The molecule has 0 bridgehead atoms. The molecule has 0 aliphatic carbocycles. The van der Waals surface area contributed by atoms with Crippen LogP contribution in [0.1, 0.15) is 0 Å². The molecule has 0 aromatic rings. The van der Waals surface area contributed by atoms with Crippen LogP contribution >= 0.6 is 118 Å². The number of hydrogen-bond donors (Lipinski definition) is 0. The molecule has 46 heavy (non-hydrogen) atoms. The second-order valence-electron chi connectivity index (χ2n) is 12.1. The topological polar surface area (TPSA) is 25.9 Å². The highest BCUT2D eigenvalue weighted by atomic mass is 32.2. The Labute approximate surface area is 323 Å². The highest BCUT2D eigenvalue weighted by Crippen LogP contribution is 2.24. The van der Waals surface area contributed by atoms with Gasteiger partial charge in [-0.25, -0.2) is 0 Å². The molecule has 0 aromatic heterocycles. The lowest BCUT2D eigenvalue weighted by Gasteiger charge is -2.35. The van der Waals surface area contributed by atoms with Crippen molar-refractivity contribution < 1.29 is 0 Å². The van der Waals surface area contributed by atoms with E-state index in [1.165, 1.54) is 146 Å². The van der Waals surface area contributed by atoms with Gasteiger partial charge in [0.05, 0.1) is 0 Å². The van der Waals surface area contributed by atoms with E-state index in [1.807, 2.05) is 0 Å². The third-order valence-electron chi connectivity index (χ3n) is 8.35. The summed E-state index contributed by atoms with van der Waals surface area (Å²) in [6, 6.07) is 0. The van der Waals surface area contributed by atoms with Crippen molar-refractivity contribution in [2.24, 2.45) is 0 Å². The Balaban J connectivity index is 1.18. The normalized spacial score (nSPS) is 27.1. The summed E-state index contributed by atoms with van der Waals surface area (Å²) in [5.74, 6) is 14.2. The van der Waals surface area contributed by atoms with Gasteiger partial charge in [0.15, 0.2) is 0 Å². The second kappa shape index (κ2) is 25.2. The van der Waals surface area contributed by atoms with Gasteiger partial charge in [0.1, 0.15) is 0 Å². The average Bonchev–Trinajstić information content (AvgIpc) is 3.11. The van der Waals surface area contributed by atoms with Gasteiger partial charge >= 0.3 is 0 Å². The smallest absolute Gasteiger partial charge is 0.0461 e. The van der Waals surface area contributed by atoms with Crippen LogP contribution in [0.3, 0.4) is 0 Å². The molecule has 0 amide bonds. The molecule has 0 N–H and O–H groups in total. The van der Waals surface area contributed by atoms with E-state index in [1.54, 1.807) is 0 Å². The van der Waals surface area contributed by atoms with Gasteiger partial charge in [-0.05, 0) is 0 Å². The molecule has 0 aromatic carbocycles. The first-order chi connectivity index (χ1) is 22.8. The lowest BCUT2D eigenvalue weighted by atomic mass is 10.4. The van der Waals surface area contributed by atoms with Gasteiger partial charge in [0.2, 0.25) is 0 Å². The molecule has 5 aliphatic heterocycles. The van der Waals surface area contributed by atoms with Crippen LogP contribution < -0.4 is 0 Å². The fourth-order valence-electron chi connectivity index (χ4n) is 5.49. The van der Waals surface area contributed by atoms with Gasteiger partial charge in [-0.3, -0.25) is 39.2 Å². The molecule has 0 atom stereocenters. The zero-order chi connectivity index (χ0) is 31.5. The van der Waals surface area contributed by atoms with Crippen molar-refractivity contribution in [2.45, 2.75) is 0 Å². The van der Waals surface area contributed by atoms with E-state index in [0.29, 0.717) is 0 Å². The summed E-state index contributed by atoms with van der Waals surface area (Å²) in [5.41, 5.74) is 0. The summed E-state index contributed by atoms with van der Waals surface area (Å²) in [6.07, 6.45) is 0. The van der Waals surface area contributed by atoms with Gasteiger partial charge in [-0.15, -0.1) is 118 Å². The minimum atomic E-state index is 1.15. The maximum absolute atomic E-state index is 2.78. The van der Waals surface area contributed by atoms with Crippen LogP contribution in [0.25, 0.3) is 0 Å². The van der Waals surface area contributed by atoms with E-state index in [9.17, 15) is 0 Å². The van der Waals surface area contributed by atoms with Gasteiger partial charge in [-0.1, -0.05) is 0 Å². The van der Waals surface area contributed by atoms with Crippen molar-refractivity contribution in [3.05, 3.63) is 0 Å². The molecule has 0 radical (unpaired) electrons. The van der Waals surface area contributed by atoms with Crippen LogP contribution in [0.2, 0.25) is 0 Å². The molecule has 0 spiro atoms. The van der Waals surface area contributed by atoms with Gasteiger partial charge in [0.25, 0.3) is 0 Å². The summed E-state index contributed by atoms with van der Waals surface area (Å²) >= 11 is 21.0. The Morgan fingerprint density at radius 2 is 0.391 bits per heavy atom. The van der Waals surface area contributed by atoms with Crippen molar-refractivity contribution in [1.29, 1.82) is 0 Å². The molecule has 5 heterocycles. The van der Waals surface area contributed by atoms with Crippen LogP contribution in [0, 0.1) is 0 Å². The minimum absolute atomic E-state index is 1.15. The first-order valence-corrected chi connectivity index (χ1v) is 27.9. The summed E-state index contributed by atoms with van der Waals surface area (Å²) in [7, 11) is 0. The maximum atomic E-state index is 2.78. The second-order valence-corrected chi connectivity index (χ2v) is 23.1. The van der Waals surface area contributed by atoms with Crippen LogP contribution in [-0.4, -0.2) is 209 Å². The minimum Gasteiger partial charge on any atom is -0.292 e. The van der Waals surface area contributed by atoms with Crippen molar-refractivity contribution >= 4 is 118 Å². The first kappa shape index (κ1) is 40.4. The number of rotatable bonds is 12. The highest BCUT2D eigenvalue weighted by molar-refractivity contribution is 8.17. The van der Waals surface area contributed by atoms with Gasteiger partial charge in [-0.2, -0.15) is 0 Å². The molecular formula is C28H56N8S10. The van der Waals surface area contributed by atoms with Crippen LogP contribution in [-0.2, 0) is 0 Å². The largest absolute Gasteiger partial charge is 0.292 e. The van der Waals surface area contributed by atoms with E-state index in [2.05, 4.69) is 157 Å². The first-order valence-electron chi connectivity index (χ1n) is 16.4. The van der Waals surface area contributed by atoms with Crippen molar-refractivity contribution in [3.8, 4) is 0 Å². The quantitative estimate of drug-likeness (QED) is 0.260. The highest BCUT2D eigenvalue weighted by Gasteiger charge is 2.20. The lowest BCUT2D eigenvalue weighted by Crippen LogP contribution is -2.44. The monoisotopic (exact) mass is 824 g/mol. The zero-order valence-electron chi connectivity index (χ0n) is 27.5. The SMILES string of the molecule is C1SCN(CCN2CCN(CCN3CSCSC3)CSCN(CCN3CSCSC3)CCN(CCN3CSCSC3)CSC2)CS1. The number of hydrogen-bond acceptors (Lipinski definition) is 18. The van der Waals surface area contributed by atoms with E-state index in [-0.39, 0.29) is 0 Å². The standard InChI is InChI=1S/C28H56N8S10/c1-2-30(6-10-34-19-41-26-42-20-34)14-38-16-32(8-12-36-23-45-28-46-24-36)4-3-31(7-11-35-21-43-27-44-22-35)15-37-13-29(1)5-9-33-17-39-25-40-18-33/h1-28H2. The van der Waals surface area contributed by atoms with Crippen molar-refractivity contribution in [3.63, 3.8) is 0 Å². The zero-order valence-corrected chi connectivity index (χ0v) is 35.6. The summed E-state index contributed by atoms with van der Waals surface area (Å²) in [4.78, 5) is 21.7. The third-order valence-corrected chi connectivity index (χ3v) is 20.3. The Morgan fingerprint density at radius 1 is 0.217 bits per heavy atom. The summed E-state index contributed by atoms with van der Waals surface area (Å²) < 4.78 is 0. The van der Waals surface area contributed by atoms with E-state index < -0.39 is 0 Å². The van der Waals surface area contributed by atoms with Crippen molar-refractivity contribution in [1.82, 2.24) is 39.2 Å². The molecule has 5 fully saturated rings. The maximum Gasteiger partial charge on any atom is 0.0461 e. The molecule has 8 nitrogen and oxygen atoms in total.